The fourth-order valence-corrected chi connectivity index (χ4v) is 1.41. The summed E-state index contributed by atoms with van der Waals surface area (Å²) in [5, 5.41) is 15.0. The van der Waals surface area contributed by atoms with Gasteiger partial charge in [-0.05, 0) is 24.6 Å². The number of phenols is 1. The third kappa shape index (κ3) is 8.37. The number of phenolic OH excluding ortho intramolecular Hbond substituents is 1. The van der Waals surface area contributed by atoms with Gasteiger partial charge in [0.1, 0.15) is 5.75 Å². The van der Waals surface area contributed by atoms with E-state index in [0.717, 1.165) is 5.56 Å². The van der Waals surface area contributed by atoms with Crippen LogP contribution in [-0.2, 0) is 4.74 Å². The Bertz CT molecular complexity index is 366. The van der Waals surface area contributed by atoms with Crippen LogP contribution in [0.3, 0.4) is 0 Å². The molecule has 5 nitrogen and oxygen atoms in total. The molecule has 1 aromatic rings. The molecule has 1 atom stereocenters. The van der Waals surface area contributed by atoms with Crippen LogP contribution >= 0.6 is 0 Å². The summed E-state index contributed by atoms with van der Waals surface area (Å²) in [6.45, 7) is 7.43. The van der Waals surface area contributed by atoms with Crippen molar-refractivity contribution in [2.75, 3.05) is 20.2 Å². The van der Waals surface area contributed by atoms with Crippen LogP contribution < -0.4 is 10.6 Å². The van der Waals surface area contributed by atoms with Gasteiger partial charge in [-0.1, -0.05) is 32.4 Å². The molecule has 114 valence electrons. The van der Waals surface area contributed by atoms with Crippen molar-refractivity contribution in [3.05, 3.63) is 29.8 Å². The smallest absolute Gasteiger partial charge is 0.406 e. The minimum absolute atomic E-state index is 0.162. The van der Waals surface area contributed by atoms with E-state index in [1.54, 1.807) is 12.1 Å². The van der Waals surface area contributed by atoms with Crippen molar-refractivity contribution in [1.82, 2.24) is 10.6 Å². The first-order chi connectivity index (χ1) is 9.54. The molecule has 0 aliphatic rings. The molecule has 0 bridgehead atoms. The summed E-state index contributed by atoms with van der Waals surface area (Å²) >= 11 is 0. The highest BCUT2D eigenvalue weighted by Crippen LogP contribution is 2.15. The Labute approximate surface area is 121 Å². The third-order valence-corrected chi connectivity index (χ3v) is 2.42. The Morgan fingerprint density at radius 3 is 2.30 bits per heavy atom. The van der Waals surface area contributed by atoms with E-state index in [9.17, 15) is 4.79 Å². The zero-order valence-electron chi connectivity index (χ0n) is 12.8. The van der Waals surface area contributed by atoms with Gasteiger partial charge >= 0.3 is 6.09 Å². The normalized spacial score (nSPS) is 11.0. The second-order valence-corrected chi connectivity index (χ2v) is 4.39. The summed E-state index contributed by atoms with van der Waals surface area (Å²) in [7, 11) is 1.34. The van der Waals surface area contributed by atoms with Crippen LogP contribution in [0.2, 0.25) is 0 Å². The van der Waals surface area contributed by atoms with Gasteiger partial charge in [0.05, 0.1) is 7.11 Å². The standard InChI is InChI=1S/C12H18N2O3.C3H8/c1-9(10-3-5-11(15)6-4-10)13-7-8-14-12(16)17-2;1-3-2/h3-6,9,13,15H,7-8H2,1-2H3,(H,14,16);3H2,1-2H3. The third-order valence-electron chi connectivity index (χ3n) is 2.42. The van der Waals surface area contributed by atoms with Crippen LogP contribution in [0, 0.1) is 0 Å². The fraction of sp³-hybridized carbons (Fsp3) is 0.533. The van der Waals surface area contributed by atoms with E-state index in [-0.39, 0.29) is 11.8 Å². The summed E-state index contributed by atoms with van der Waals surface area (Å²) in [6.07, 6.45) is 0.823. The SMILES string of the molecule is CCC.COC(=O)NCCNC(C)c1ccc(O)cc1. The number of hydrogen-bond donors (Lipinski definition) is 3. The first kappa shape index (κ1) is 18.2. The van der Waals surface area contributed by atoms with Crippen molar-refractivity contribution in [2.24, 2.45) is 0 Å². The molecule has 0 spiro atoms. The molecule has 0 radical (unpaired) electrons. The van der Waals surface area contributed by atoms with E-state index in [4.69, 9.17) is 5.11 Å². The minimum atomic E-state index is -0.427. The Balaban J connectivity index is 0.00000110. The number of carbonyl (C=O) groups excluding carboxylic acids is 1. The molecule has 20 heavy (non-hydrogen) atoms. The number of alkyl carbamates (subject to hydrolysis) is 1. The monoisotopic (exact) mass is 282 g/mol. The number of benzene rings is 1. The van der Waals surface area contributed by atoms with E-state index in [1.165, 1.54) is 13.5 Å². The highest BCUT2D eigenvalue weighted by molar-refractivity contribution is 5.66. The highest BCUT2D eigenvalue weighted by Gasteiger charge is 2.04. The van der Waals surface area contributed by atoms with Gasteiger partial charge in [-0.15, -0.1) is 0 Å². The van der Waals surface area contributed by atoms with Gasteiger partial charge in [0.25, 0.3) is 0 Å². The molecule has 0 saturated heterocycles. The molecule has 0 heterocycles. The first-order valence-corrected chi connectivity index (χ1v) is 6.89. The van der Waals surface area contributed by atoms with Crippen molar-refractivity contribution >= 4 is 6.09 Å². The van der Waals surface area contributed by atoms with Crippen molar-refractivity contribution in [2.45, 2.75) is 33.2 Å². The van der Waals surface area contributed by atoms with Crippen LogP contribution in [0.1, 0.15) is 38.8 Å². The second kappa shape index (κ2) is 11.1. The molecule has 0 aliphatic heterocycles. The van der Waals surface area contributed by atoms with E-state index >= 15 is 0 Å². The van der Waals surface area contributed by atoms with Crippen molar-refractivity contribution < 1.29 is 14.6 Å². The average molecular weight is 282 g/mol. The van der Waals surface area contributed by atoms with Gasteiger partial charge in [-0.25, -0.2) is 4.79 Å². The number of hydrogen-bond acceptors (Lipinski definition) is 4. The summed E-state index contributed by atoms with van der Waals surface area (Å²) in [5.74, 6) is 0.258. The van der Waals surface area contributed by atoms with E-state index < -0.39 is 6.09 Å². The quantitative estimate of drug-likeness (QED) is 0.726. The second-order valence-electron chi connectivity index (χ2n) is 4.39. The average Bonchev–Trinajstić information content (AvgIpc) is 2.44. The lowest BCUT2D eigenvalue weighted by Crippen LogP contribution is -2.32. The first-order valence-electron chi connectivity index (χ1n) is 6.89. The summed E-state index contributed by atoms with van der Waals surface area (Å²) in [6, 6.07) is 7.19. The van der Waals surface area contributed by atoms with Crippen molar-refractivity contribution in [3.63, 3.8) is 0 Å². The molecule has 0 fully saturated rings. The lowest BCUT2D eigenvalue weighted by atomic mass is 10.1. The van der Waals surface area contributed by atoms with Crippen molar-refractivity contribution in [1.29, 1.82) is 0 Å². The maximum absolute atomic E-state index is 10.8. The molecule has 1 aromatic carbocycles. The number of aromatic hydroxyl groups is 1. The van der Waals surface area contributed by atoms with Gasteiger partial charge in [0, 0.05) is 19.1 Å². The van der Waals surface area contributed by atoms with E-state index in [0.29, 0.717) is 13.1 Å². The zero-order chi connectivity index (χ0) is 15.4. The predicted octanol–water partition coefficient (Wildman–Crippen LogP) is 2.82. The summed E-state index contributed by atoms with van der Waals surface area (Å²) < 4.78 is 4.45. The summed E-state index contributed by atoms with van der Waals surface area (Å²) in [5.41, 5.74) is 1.08. The number of methoxy groups -OCH3 is 1. The molecule has 0 aromatic heterocycles. The lowest BCUT2D eigenvalue weighted by molar-refractivity contribution is 0.171. The maximum Gasteiger partial charge on any atom is 0.406 e. The lowest BCUT2D eigenvalue weighted by Gasteiger charge is -2.14. The zero-order valence-corrected chi connectivity index (χ0v) is 12.8. The highest BCUT2D eigenvalue weighted by atomic mass is 16.5. The van der Waals surface area contributed by atoms with Gasteiger partial charge in [-0.2, -0.15) is 0 Å². The van der Waals surface area contributed by atoms with Gasteiger partial charge < -0.3 is 20.5 Å². The van der Waals surface area contributed by atoms with Crippen molar-refractivity contribution in [3.8, 4) is 5.75 Å². The molecule has 1 unspecified atom stereocenters. The van der Waals surface area contributed by atoms with E-state index in [1.807, 2.05) is 19.1 Å². The predicted molar refractivity (Wildman–Crippen MR) is 80.9 cm³/mol. The van der Waals surface area contributed by atoms with Crippen LogP contribution in [0.5, 0.6) is 5.75 Å². The van der Waals surface area contributed by atoms with Gasteiger partial charge in [0.15, 0.2) is 0 Å². The molecule has 1 rings (SSSR count). The summed E-state index contributed by atoms with van der Waals surface area (Å²) in [4.78, 5) is 10.8. The van der Waals surface area contributed by atoms with Gasteiger partial charge in [0.2, 0.25) is 0 Å². The molecule has 0 aliphatic carbocycles. The number of amides is 1. The Morgan fingerprint density at radius 2 is 1.80 bits per heavy atom. The van der Waals surface area contributed by atoms with E-state index in [2.05, 4.69) is 29.2 Å². The number of ether oxygens (including phenoxy) is 1. The number of carbonyl (C=O) groups is 1. The Kier molecular flexibility index (Phi) is 10.1. The number of rotatable bonds is 5. The molecule has 0 saturated carbocycles. The minimum Gasteiger partial charge on any atom is -0.508 e. The fourth-order valence-electron chi connectivity index (χ4n) is 1.41. The van der Waals surface area contributed by atoms with Crippen LogP contribution in [0.15, 0.2) is 24.3 Å². The maximum atomic E-state index is 10.8. The molecule has 3 N–H and O–H groups in total. The largest absolute Gasteiger partial charge is 0.508 e. The molecule has 1 amide bonds. The van der Waals surface area contributed by atoms with Crippen LogP contribution in [0.25, 0.3) is 0 Å². The molecular formula is C15H26N2O3. The topological polar surface area (TPSA) is 70.6 Å². The Hall–Kier alpha value is -1.75. The molecular weight excluding hydrogens is 256 g/mol. The number of nitrogens with one attached hydrogen (secondary N) is 2. The van der Waals surface area contributed by atoms with Crippen LogP contribution in [-0.4, -0.2) is 31.4 Å². The van der Waals surface area contributed by atoms with Gasteiger partial charge in [-0.3, -0.25) is 0 Å². The molecule has 5 heteroatoms. The Morgan fingerprint density at radius 1 is 1.25 bits per heavy atom. The van der Waals surface area contributed by atoms with Crippen LogP contribution in [0.4, 0.5) is 4.79 Å².